The molecule has 0 radical (unpaired) electrons. The van der Waals surface area contributed by atoms with Gasteiger partial charge < -0.3 is 15.4 Å². The summed E-state index contributed by atoms with van der Waals surface area (Å²) in [4.78, 5) is 18.8. The summed E-state index contributed by atoms with van der Waals surface area (Å²) in [5, 5.41) is 9.16. The van der Waals surface area contributed by atoms with Gasteiger partial charge in [0.2, 0.25) is 0 Å². The molecule has 1 aromatic rings. The quantitative estimate of drug-likeness (QED) is 0.575. The van der Waals surface area contributed by atoms with Crippen LogP contribution in [0.1, 0.15) is 48.7 Å². The van der Waals surface area contributed by atoms with Crippen LogP contribution < -0.4 is 11.3 Å². The molecule has 6 nitrogen and oxygen atoms in total. The molecule has 116 valence electrons. The Morgan fingerprint density at radius 2 is 2.14 bits per heavy atom. The number of carbonyl (C=O) groups excluding carboxylic acids is 1. The van der Waals surface area contributed by atoms with E-state index in [9.17, 15) is 4.79 Å². The number of amides is 1. The van der Waals surface area contributed by atoms with Crippen LogP contribution in [0.2, 0.25) is 0 Å². The Morgan fingerprint density at radius 3 is 2.67 bits per heavy atom. The number of pyridine rings is 1. The number of aliphatic hydroxyl groups is 1. The summed E-state index contributed by atoms with van der Waals surface area (Å²) in [6.07, 6.45) is 1.71. The van der Waals surface area contributed by atoms with Crippen molar-refractivity contribution in [2.45, 2.75) is 32.6 Å². The highest BCUT2D eigenvalue weighted by Gasteiger charge is 2.24. The number of rotatable bonds is 4. The van der Waals surface area contributed by atoms with Crippen LogP contribution in [0.25, 0.3) is 0 Å². The largest absolute Gasteiger partial charge is 0.396 e. The minimum absolute atomic E-state index is 0.00666. The second-order valence-corrected chi connectivity index (χ2v) is 5.88. The Balaban J connectivity index is 2.17. The average molecular weight is 292 g/mol. The molecule has 0 aromatic carbocycles. The number of likely N-dealkylation sites (tertiary alicyclic amines) is 1. The van der Waals surface area contributed by atoms with Crippen LogP contribution >= 0.6 is 0 Å². The maximum atomic E-state index is 12.6. The third-order valence-electron chi connectivity index (χ3n) is 3.99. The monoisotopic (exact) mass is 292 g/mol. The summed E-state index contributed by atoms with van der Waals surface area (Å²) in [6.45, 7) is 5.65. The number of piperidine rings is 1. The van der Waals surface area contributed by atoms with E-state index in [1.807, 2.05) is 24.8 Å². The van der Waals surface area contributed by atoms with Crippen LogP contribution in [-0.4, -0.2) is 40.6 Å². The van der Waals surface area contributed by atoms with Gasteiger partial charge in [-0.15, -0.1) is 0 Å². The first-order valence-electron chi connectivity index (χ1n) is 7.44. The van der Waals surface area contributed by atoms with E-state index in [-0.39, 0.29) is 18.4 Å². The molecule has 1 fully saturated rings. The number of hydrazine groups is 1. The van der Waals surface area contributed by atoms with Gasteiger partial charge in [-0.1, -0.05) is 13.8 Å². The van der Waals surface area contributed by atoms with Crippen LogP contribution in [0.4, 0.5) is 5.82 Å². The molecule has 0 spiro atoms. The molecule has 21 heavy (non-hydrogen) atoms. The fraction of sp³-hybridized carbons (Fsp3) is 0.600. The zero-order valence-corrected chi connectivity index (χ0v) is 12.7. The predicted octanol–water partition coefficient (Wildman–Crippen LogP) is 1.34. The number of aliphatic hydroxyl groups excluding tert-OH is 1. The summed E-state index contributed by atoms with van der Waals surface area (Å²) in [5.41, 5.74) is 3.98. The number of nitrogens with one attached hydrogen (secondary N) is 1. The van der Waals surface area contributed by atoms with Gasteiger partial charge in [-0.2, -0.15) is 0 Å². The highest BCUT2D eigenvalue weighted by Crippen LogP contribution is 2.21. The molecule has 1 saturated heterocycles. The summed E-state index contributed by atoms with van der Waals surface area (Å²) in [5.74, 6) is 6.50. The third kappa shape index (κ3) is 3.71. The van der Waals surface area contributed by atoms with Gasteiger partial charge >= 0.3 is 0 Å². The Hall–Kier alpha value is -1.66. The molecule has 4 N–H and O–H groups in total. The van der Waals surface area contributed by atoms with Gasteiger partial charge in [-0.25, -0.2) is 10.8 Å². The number of nitrogens with two attached hydrogens (primary N) is 1. The molecule has 2 heterocycles. The molecule has 6 heteroatoms. The van der Waals surface area contributed by atoms with Gasteiger partial charge in [-0.3, -0.25) is 4.79 Å². The third-order valence-corrected chi connectivity index (χ3v) is 3.99. The number of nitrogens with zero attached hydrogens (tertiary/aromatic N) is 2. The molecule has 0 bridgehead atoms. The molecule has 0 saturated carbocycles. The zero-order chi connectivity index (χ0) is 15.4. The highest BCUT2D eigenvalue weighted by molar-refractivity contribution is 5.95. The van der Waals surface area contributed by atoms with Crippen molar-refractivity contribution in [2.24, 2.45) is 11.8 Å². The van der Waals surface area contributed by atoms with Crippen molar-refractivity contribution in [3.8, 4) is 0 Å². The molecule has 2 rings (SSSR count). The van der Waals surface area contributed by atoms with Crippen LogP contribution in [0.15, 0.2) is 12.1 Å². The fourth-order valence-corrected chi connectivity index (χ4v) is 2.55. The van der Waals surface area contributed by atoms with Gasteiger partial charge in [0.1, 0.15) is 5.82 Å². The van der Waals surface area contributed by atoms with Gasteiger partial charge in [-0.05, 0) is 36.8 Å². The van der Waals surface area contributed by atoms with E-state index in [0.717, 1.165) is 18.5 Å². The molecular weight excluding hydrogens is 268 g/mol. The lowest BCUT2D eigenvalue weighted by Crippen LogP contribution is -2.39. The summed E-state index contributed by atoms with van der Waals surface area (Å²) >= 11 is 0. The van der Waals surface area contributed by atoms with Crippen molar-refractivity contribution in [3.63, 3.8) is 0 Å². The van der Waals surface area contributed by atoms with Gasteiger partial charge in [0, 0.05) is 31.0 Å². The summed E-state index contributed by atoms with van der Waals surface area (Å²) in [7, 11) is 0. The SMILES string of the molecule is CC(C)c1cc(C(=O)N2CCC(CO)CC2)cc(NN)n1. The minimum atomic E-state index is 0.00666. The van der Waals surface area contributed by atoms with Crippen LogP contribution in [0.5, 0.6) is 0 Å². The number of anilines is 1. The Bertz CT molecular complexity index is 496. The normalized spacial score (nSPS) is 16.3. The first-order chi connectivity index (χ1) is 10.0. The van der Waals surface area contributed by atoms with E-state index in [0.29, 0.717) is 30.4 Å². The fourth-order valence-electron chi connectivity index (χ4n) is 2.55. The van der Waals surface area contributed by atoms with E-state index < -0.39 is 0 Å². The predicted molar refractivity (Wildman–Crippen MR) is 81.8 cm³/mol. The highest BCUT2D eigenvalue weighted by atomic mass is 16.3. The van der Waals surface area contributed by atoms with E-state index in [2.05, 4.69) is 10.4 Å². The summed E-state index contributed by atoms with van der Waals surface area (Å²) in [6, 6.07) is 3.53. The second-order valence-electron chi connectivity index (χ2n) is 5.88. The zero-order valence-electron chi connectivity index (χ0n) is 12.7. The Labute approximate surface area is 125 Å². The Kier molecular flexibility index (Phi) is 5.14. The van der Waals surface area contributed by atoms with Crippen LogP contribution in [0, 0.1) is 5.92 Å². The maximum Gasteiger partial charge on any atom is 0.254 e. The summed E-state index contributed by atoms with van der Waals surface area (Å²) < 4.78 is 0. The molecule has 1 aliphatic rings. The number of aromatic nitrogens is 1. The van der Waals surface area contributed by atoms with Crippen LogP contribution in [-0.2, 0) is 0 Å². The Morgan fingerprint density at radius 1 is 1.48 bits per heavy atom. The molecule has 1 amide bonds. The number of hydrogen-bond acceptors (Lipinski definition) is 5. The lowest BCUT2D eigenvalue weighted by atomic mass is 9.97. The van der Waals surface area contributed by atoms with E-state index in [1.54, 1.807) is 6.07 Å². The van der Waals surface area contributed by atoms with E-state index >= 15 is 0 Å². The molecular formula is C15H24N4O2. The first-order valence-corrected chi connectivity index (χ1v) is 7.44. The second kappa shape index (κ2) is 6.87. The number of nitrogen functional groups attached to an aromatic ring is 1. The van der Waals surface area contributed by atoms with Crippen molar-refractivity contribution in [1.82, 2.24) is 9.88 Å². The lowest BCUT2D eigenvalue weighted by Gasteiger charge is -2.31. The van der Waals surface area contributed by atoms with Crippen molar-refractivity contribution in [2.75, 3.05) is 25.1 Å². The standard InChI is InChI=1S/C15H24N4O2/c1-10(2)13-7-12(8-14(17-13)18-16)15(21)19-5-3-11(9-20)4-6-19/h7-8,10-11,20H,3-6,9,16H2,1-2H3,(H,17,18). The lowest BCUT2D eigenvalue weighted by molar-refractivity contribution is 0.0650. The van der Waals surface area contributed by atoms with Crippen LogP contribution in [0.3, 0.4) is 0 Å². The topological polar surface area (TPSA) is 91.5 Å². The van der Waals surface area contributed by atoms with E-state index in [4.69, 9.17) is 10.9 Å². The maximum absolute atomic E-state index is 12.6. The van der Waals surface area contributed by atoms with Crippen molar-refractivity contribution in [3.05, 3.63) is 23.4 Å². The number of carbonyl (C=O) groups is 1. The average Bonchev–Trinajstić information content (AvgIpc) is 2.53. The molecule has 0 aliphatic carbocycles. The van der Waals surface area contributed by atoms with Gasteiger partial charge in [0.05, 0.1) is 0 Å². The van der Waals surface area contributed by atoms with Gasteiger partial charge in [0.15, 0.2) is 0 Å². The van der Waals surface area contributed by atoms with Crippen molar-refractivity contribution in [1.29, 1.82) is 0 Å². The number of hydrogen-bond donors (Lipinski definition) is 3. The minimum Gasteiger partial charge on any atom is -0.396 e. The van der Waals surface area contributed by atoms with Gasteiger partial charge in [0.25, 0.3) is 5.91 Å². The van der Waals surface area contributed by atoms with Crippen molar-refractivity contribution < 1.29 is 9.90 Å². The first kappa shape index (κ1) is 15.7. The van der Waals surface area contributed by atoms with Crippen molar-refractivity contribution >= 4 is 11.7 Å². The molecule has 1 aromatic heterocycles. The molecule has 1 aliphatic heterocycles. The molecule has 0 atom stereocenters. The molecule has 0 unspecified atom stereocenters. The van der Waals surface area contributed by atoms with E-state index in [1.165, 1.54) is 0 Å². The smallest absolute Gasteiger partial charge is 0.254 e.